The molecule has 4 heteroatoms. The van der Waals surface area contributed by atoms with Crippen molar-refractivity contribution >= 4 is 15.9 Å². The van der Waals surface area contributed by atoms with Crippen LogP contribution in [0.15, 0.2) is 22.7 Å². The van der Waals surface area contributed by atoms with Gasteiger partial charge in [-0.2, -0.15) is 0 Å². The SMILES string of the molecule is CCC1CCC(O)(CNCc2cc(Br)ccc2OC)CC1. The minimum absolute atomic E-state index is 0.537. The van der Waals surface area contributed by atoms with Crippen LogP contribution in [-0.4, -0.2) is 24.4 Å². The topological polar surface area (TPSA) is 41.5 Å². The molecule has 118 valence electrons. The number of aliphatic hydroxyl groups is 1. The summed E-state index contributed by atoms with van der Waals surface area (Å²) in [6.07, 6.45) is 5.35. The monoisotopic (exact) mass is 355 g/mol. The molecule has 1 aliphatic carbocycles. The number of nitrogens with one attached hydrogen (secondary N) is 1. The lowest BCUT2D eigenvalue weighted by molar-refractivity contribution is -0.00884. The minimum Gasteiger partial charge on any atom is -0.496 e. The molecule has 0 aromatic heterocycles. The van der Waals surface area contributed by atoms with Crippen molar-refractivity contribution < 1.29 is 9.84 Å². The summed E-state index contributed by atoms with van der Waals surface area (Å²) in [4.78, 5) is 0. The maximum absolute atomic E-state index is 10.6. The van der Waals surface area contributed by atoms with Crippen LogP contribution in [0.5, 0.6) is 5.75 Å². The van der Waals surface area contributed by atoms with Crippen LogP contribution in [0, 0.1) is 5.92 Å². The fraction of sp³-hybridized carbons (Fsp3) is 0.647. The van der Waals surface area contributed by atoms with Crippen LogP contribution in [0.1, 0.15) is 44.6 Å². The lowest BCUT2D eigenvalue weighted by Crippen LogP contribution is -2.43. The number of hydrogen-bond donors (Lipinski definition) is 2. The maximum atomic E-state index is 10.6. The number of rotatable bonds is 6. The summed E-state index contributed by atoms with van der Waals surface area (Å²) in [7, 11) is 1.69. The van der Waals surface area contributed by atoms with Crippen molar-refractivity contribution in [2.75, 3.05) is 13.7 Å². The van der Waals surface area contributed by atoms with Crippen molar-refractivity contribution in [3.8, 4) is 5.75 Å². The second-order valence-electron chi connectivity index (χ2n) is 6.14. The molecule has 21 heavy (non-hydrogen) atoms. The number of halogens is 1. The first kappa shape index (κ1) is 16.8. The second kappa shape index (κ2) is 7.61. The third-order valence-corrected chi connectivity index (χ3v) is 5.12. The van der Waals surface area contributed by atoms with Gasteiger partial charge in [0.25, 0.3) is 0 Å². The number of hydrogen-bond acceptors (Lipinski definition) is 3. The van der Waals surface area contributed by atoms with E-state index in [1.807, 2.05) is 12.1 Å². The van der Waals surface area contributed by atoms with E-state index >= 15 is 0 Å². The summed E-state index contributed by atoms with van der Waals surface area (Å²) in [5.74, 6) is 1.68. The number of benzene rings is 1. The van der Waals surface area contributed by atoms with Gasteiger partial charge in [-0.1, -0.05) is 29.3 Å². The molecule has 0 bridgehead atoms. The van der Waals surface area contributed by atoms with Gasteiger partial charge >= 0.3 is 0 Å². The van der Waals surface area contributed by atoms with Gasteiger partial charge in [0.1, 0.15) is 5.75 Å². The predicted octanol–water partition coefficient (Wildman–Crippen LogP) is 3.88. The smallest absolute Gasteiger partial charge is 0.123 e. The summed E-state index contributed by atoms with van der Waals surface area (Å²) in [6, 6.07) is 5.99. The first-order chi connectivity index (χ1) is 10.1. The van der Waals surface area contributed by atoms with E-state index in [0.29, 0.717) is 13.1 Å². The van der Waals surface area contributed by atoms with Crippen LogP contribution in [0.25, 0.3) is 0 Å². The van der Waals surface area contributed by atoms with Crippen molar-refractivity contribution in [2.24, 2.45) is 5.92 Å². The minimum atomic E-state index is -0.537. The van der Waals surface area contributed by atoms with Crippen LogP contribution in [0.2, 0.25) is 0 Å². The van der Waals surface area contributed by atoms with E-state index in [1.54, 1.807) is 7.11 Å². The van der Waals surface area contributed by atoms with Gasteiger partial charge in [-0.05, 0) is 49.8 Å². The van der Waals surface area contributed by atoms with Gasteiger partial charge < -0.3 is 15.2 Å². The standard InChI is InChI=1S/C17H26BrNO2/c1-3-13-6-8-17(20,9-7-13)12-19-11-14-10-15(18)4-5-16(14)21-2/h4-5,10,13,19-20H,3,6-9,11-12H2,1-2H3. The Labute approximate surface area is 136 Å². The molecule has 0 spiro atoms. The molecule has 2 N–H and O–H groups in total. The Balaban J connectivity index is 1.85. The van der Waals surface area contributed by atoms with E-state index < -0.39 is 5.60 Å². The molecule has 0 amide bonds. The molecule has 1 aromatic carbocycles. The summed E-state index contributed by atoms with van der Waals surface area (Å²) in [5.41, 5.74) is 0.572. The van der Waals surface area contributed by atoms with Crippen LogP contribution in [0.4, 0.5) is 0 Å². The van der Waals surface area contributed by atoms with Gasteiger partial charge in [-0.25, -0.2) is 0 Å². The fourth-order valence-electron chi connectivity index (χ4n) is 3.12. The summed E-state index contributed by atoms with van der Waals surface area (Å²) in [6.45, 7) is 3.61. The summed E-state index contributed by atoms with van der Waals surface area (Å²) in [5, 5.41) is 14.0. The van der Waals surface area contributed by atoms with Crippen molar-refractivity contribution in [1.82, 2.24) is 5.32 Å². The molecule has 3 nitrogen and oxygen atoms in total. The van der Waals surface area contributed by atoms with Gasteiger partial charge in [0, 0.05) is 23.1 Å². The van der Waals surface area contributed by atoms with Crippen molar-refractivity contribution in [1.29, 1.82) is 0 Å². The van der Waals surface area contributed by atoms with Gasteiger partial charge in [-0.15, -0.1) is 0 Å². The van der Waals surface area contributed by atoms with E-state index in [4.69, 9.17) is 4.74 Å². The van der Waals surface area contributed by atoms with Crippen LogP contribution in [-0.2, 0) is 6.54 Å². The molecule has 1 fully saturated rings. The molecule has 0 radical (unpaired) electrons. The Kier molecular flexibility index (Phi) is 6.08. The zero-order chi connectivity index (χ0) is 15.3. The molecule has 1 aliphatic rings. The summed E-state index contributed by atoms with van der Waals surface area (Å²) >= 11 is 3.49. The molecule has 1 aromatic rings. The molecule has 0 atom stereocenters. The second-order valence-corrected chi connectivity index (χ2v) is 7.05. The highest BCUT2D eigenvalue weighted by Gasteiger charge is 2.32. The maximum Gasteiger partial charge on any atom is 0.123 e. The van der Waals surface area contributed by atoms with Gasteiger partial charge in [0.2, 0.25) is 0 Å². The van der Waals surface area contributed by atoms with Crippen LogP contribution < -0.4 is 10.1 Å². The predicted molar refractivity (Wildman–Crippen MR) is 89.6 cm³/mol. The average Bonchev–Trinajstić information content (AvgIpc) is 2.48. The Hall–Kier alpha value is -0.580. The molecular formula is C17H26BrNO2. The molecule has 0 aliphatic heterocycles. The average molecular weight is 356 g/mol. The van der Waals surface area contributed by atoms with Crippen molar-refractivity contribution in [3.63, 3.8) is 0 Å². The molecule has 1 saturated carbocycles. The highest BCUT2D eigenvalue weighted by molar-refractivity contribution is 9.10. The van der Waals surface area contributed by atoms with Gasteiger partial charge in [0.05, 0.1) is 12.7 Å². The van der Waals surface area contributed by atoms with Gasteiger partial charge in [0.15, 0.2) is 0 Å². The number of methoxy groups -OCH3 is 1. The quantitative estimate of drug-likeness (QED) is 0.813. The summed E-state index contributed by atoms with van der Waals surface area (Å²) < 4.78 is 6.42. The van der Waals surface area contributed by atoms with E-state index in [0.717, 1.165) is 47.4 Å². The Bertz CT molecular complexity index is 456. The molecule has 0 unspecified atom stereocenters. The van der Waals surface area contributed by atoms with E-state index in [9.17, 15) is 5.11 Å². The van der Waals surface area contributed by atoms with Crippen LogP contribution in [0.3, 0.4) is 0 Å². The normalized spacial score (nSPS) is 25.8. The van der Waals surface area contributed by atoms with Crippen molar-refractivity contribution in [2.45, 2.75) is 51.2 Å². The third-order valence-electron chi connectivity index (χ3n) is 4.63. The Morgan fingerprint density at radius 3 is 2.71 bits per heavy atom. The highest BCUT2D eigenvalue weighted by atomic mass is 79.9. The molecular weight excluding hydrogens is 330 g/mol. The third kappa shape index (κ3) is 4.70. The zero-order valence-electron chi connectivity index (χ0n) is 13.0. The largest absolute Gasteiger partial charge is 0.496 e. The first-order valence-corrected chi connectivity index (χ1v) is 8.61. The Morgan fingerprint density at radius 2 is 2.10 bits per heavy atom. The zero-order valence-corrected chi connectivity index (χ0v) is 14.6. The van der Waals surface area contributed by atoms with E-state index in [1.165, 1.54) is 6.42 Å². The fourth-order valence-corrected chi connectivity index (χ4v) is 3.52. The first-order valence-electron chi connectivity index (χ1n) is 7.82. The highest BCUT2D eigenvalue weighted by Crippen LogP contribution is 2.33. The molecule has 0 heterocycles. The lowest BCUT2D eigenvalue weighted by atomic mass is 9.78. The van der Waals surface area contributed by atoms with Crippen molar-refractivity contribution in [3.05, 3.63) is 28.2 Å². The van der Waals surface area contributed by atoms with Gasteiger partial charge in [-0.3, -0.25) is 0 Å². The Morgan fingerprint density at radius 1 is 1.38 bits per heavy atom. The number of ether oxygens (including phenoxy) is 1. The van der Waals surface area contributed by atoms with E-state index in [-0.39, 0.29) is 0 Å². The molecule has 0 saturated heterocycles. The van der Waals surface area contributed by atoms with E-state index in [2.05, 4.69) is 34.2 Å². The molecule has 2 rings (SSSR count). The van der Waals surface area contributed by atoms with Crippen LogP contribution >= 0.6 is 15.9 Å². The lowest BCUT2D eigenvalue weighted by Gasteiger charge is -2.36.